The first-order chi connectivity index (χ1) is 11.0. The summed E-state index contributed by atoms with van der Waals surface area (Å²) in [7, 11) is 0. The van der Waals surface area contributed by atoms with Crippen molar-refractivity contribution in [3.8, 4) is 0 Å². The van der Waals surface area contributed by atoms with E-state index in [2.05, 4.69) is 10.3 Å². The molecule has 0 fully saturated rings. The summed E-state index contributed by atoms with van der Waals surface area (Å²) in [5.41, 5.74) is 1.69. The molecule has 1 aromatic carbocycles. The molecule has 0 aliphatic rings. The number of thiazole rings is 1. The normalized spacial score (nSPS) is 11.8. The van der Waals surface area contributed by atoms with E-state index in [1.165, 1.54) is 0 Å². The molecule has 0 saturated carbocycles. The molecule has 1 aromatic heterocycles. The minimum atomic E-state index is -0.402. The summed E-state index contributed by atoms with van der Waals surface area (Å²) in [6.45, 7) is 5.80. The number of rotatable bonds is 6. The van der Waals surface area contributed by atoms with Gasteiger partial charge in [-0.05, 0) is 25.3 Å². The Labute approximate surface area is 139 Å². The van der Waals surface area contributed by atoms with Crippen LogP contribution in [0.3, 0.4) is 0 Å². The molecule has 2 rings (SSSR count). The van der Waals surface area contributed by atoms with Gasteiger partial charge in [0.05, 0.1) is 12.3 Å². The van der Waals surface area contributed by atoms with E-state index in [9.17, 15) is 9.59 Å². The van der Waals surface area contributed by atoms with Gasteiger partial charge in [-0.3, -0.25) is 4.79 Å². The van der Waals surface area contributed by atoms with Gasteiger partial charge in [-0.25, -0.2) is 9.78 Å². The molecule has 0 saturated heterocycles. The molecule has 23 heavy (non-hydrogen) atoms. The van der Waals surface area contributed by atoms with Gasteiger partial charge in [0.15, 0.2) is 5.13 Å². The summed E-state index contributed by atoms with van der Waals surface area (Å²) in [4.78, 5) is 28.6. The molecule has 6 heteroatoms. The van der Waals surface area contributed by atoms with Crippen LogP contribution in [0.2, 0.25) is 0 Å². The van der Waals surface area contributed by atoms with Crippen LogP contribution < -0.4 is 5.32 Å². The Morgan fingerprint density at radius 3 is 2.65 bits per heavy atom. The minimum Gasteiger partial charge on any atom is -0.462 e. The van der Waals surface area contributed by atoms with Crippen molar-refractivity contribution in [3.63, 3.8) is 0 Å². The molecule has 1 atom stereocenters. The third-order valence-electron chi connectivity index (χ3n) is 3.36. The van der Waals surface area contributed by atoms with Crippen LogP contribution in [-0.4, -0.2) is 23.5 Å². The van der Waals surface area contributed by atoms with Crippen LogP contribution in [0.25, 0.3) is 0 Å². The maximum Gasteiger partial charge on any atom is 0.350 e. The Morgan fingerprint density at radius 2 is 2.00 bits per heavy atom. The lowest BCUT2D eigenvalue weighted by Gasteiger charge is -2.10. The first-order valence-electron chi connectivity index (χ1n) is 7.50. The van der Waals surface area contributed by atoms with Gasteiger partial charge in [0.2, 0.25) is 5.91 Å². The smallest absolute Gasteiger partial charge is 0.350 e. The Balaban J connectivity index is 1.98. The predicted octanol–water partition coefficient (Wildman–Crippen LogP) is 3.76. The van der Waals surface area contributed by atoms with Gasteiger partial charge in [-0.15, -0.1) is 0 Å². The molecule has 0 radical (unpaired) electrons. The molecule has 0 aliphatic heterocycles. The topological polar surface area (TPSA) is 68.3 Å². The first-order valence-corrected chi connectivity index (χ1v) is 8.32. The van der Waals surface area contributed by atoms with Crippen LogP contribution in [0.1, 0.15) is 47.1 Å². The number of ether oxygens (including phenoxy) is 1. The van der Waals surface area contributed by atoms with E-state index >= 15 is 0 Å². The van der Waals surface area contributed by atoms with Crippen molar-refractivity contribution >= 4 is 28.3 Å². The molecule has 1 N–H and O–H groups in total. The van der Waals surface area contributed by atoms with E-state index in [1.807, 2.05) is 37.3 Å². The van der Waals surface area contributed by atoms with E-state index in [0.717, 1.165) is 16.9 Å². The molecule has 1 heterocycles. The molecule has 0 unspecified atom stereocenters. The second kappa shape index (κ2) is 7.87. The lowest BCUT2D eigenvalue weighted by molar-refractivity contribution is -0.116. The summed E-state index contributed by atoms with van der Waals surface area (Å²) in [5.74, 6) is -0.409. The fourth-order valence-electron chi connectivity index (χ4n) is 2.18. The molecule has 1 amide bonds. The maximum absolute atomic E-state index is 12.2. The van der Waals surface area contributed by atoms with Crippen LogP contribution in [0.15, 0.2) is 30.3 Å². The van der Waals surface area contributed by atoms with Gasteiger partial charge in [-0.2, -0.15) is 0 Å². The van der Waals surface area contributed by atoms with Crippen LogP contribution in [-0.2, 0) is 9.53 Å². The third kappa shape index (κ3) is 4.63. The van der Waals surface area contributed by atoms with Crippen molar-refractivity contribution in [2.24, 2.45) is 0 Å². The van der Waals surface area contributed by atoms with Crippen molar-refractivity contribution in [1.82, 2.24) is 4.98 Å². The summed E-state index contributed by atoms with van der Waals surface area (Å²) in [5, 5.41) is 3.19. The van der Waals surface area contributed by atoms with Gasteiger partial charge in [-0.1, -0.05) is 48.6 Å². The molecule has 0 aliphatic carbocycles. The standard InChI is InChI=1S/C17H20N2O3S/c1-4-22-16(21)15-12(3)18-17(23-15)19-14(20)10-11(2)13-8-6-5-7-9-13/h5-9,11H,4,10H2,1-3H3,(H,18,19,20)/t11-/m1/s1. The molecule has 0 spiro atoms. The Morgan fingerprint density at radius 1 is 1.30 bits per heavy atom. The SMILES string of the molecule is CCOC(=O)c1sc(NC(=O)C[C@@H](C)c2ccccc2)nc1C. The number of amides is 1. The summed E-state index contributed by atoms with van der Waals surface area (Å²) in [6.07, 6.45) is 0.359. The van der Waals surface area contributed by atoms with E-state index in [4.69, 9.17) is 4.74 Å². The van der Waals surface area contributed by atoms with E-state index in [0.29, 0.717) is 28.7 Å². The van der Waals surface area contributed by atoms with Gasteiger partial charge in [0.1, 0.15) is 4.88 Å². The van der Waals surface area contributed by atoms with Crippen molar-refractivity contribution in [1.29, 1.82) is 0 Å². The number of esters is 1. The zero-order chi connectivity index (χ0) is 16.8. The second-order valence-electron chi connectivity index (χ2n) is 5.22. The highest BCUT2D eigenvalue weighted by Crippen LogP contribution is 2.25. The van der Waals surface area contributed by atoms with Crippen LogP contribution in [0, 0.1) is 6.92 Å². The highest BCUT2D eigenvalue weighted by atomic mass is 32.1. The van der Waals surface area contributed by atoms with Crippen LogP contribution in [0.5, 0.6) is 0 Å². The lowest BCUT2D eigenvalue weighted by atomic mass is 9.98. The van der Waals surface area contributed by atoms with Gasteiger partial charge in [0, 0.05) is 6.42 Å². The maximum atomic E-state index is 12.2. The summed E-state index contributed by atoms with van der Waals surface area (Å²) < 4.78 is 4.97. The monoisotopic (exact) mass is 332 g/mol. The fraction of sp³-hybridized carbons (Fsp3) is 0.353. The molecule has 2 aromatic rings. The second-order valence-corrected chi connectivity index (χ2v) is 6.22. The largest absolute Gasteiger partial charge is 0.462 e. The number of hydrogen-bond donors (Lipinski definition) is 1. The average Bonchev–Trinajstić information content (AvgIpc) is 2.88. The molecular weight excluding hydrogens is 312 g/mol. The molecule has 122 valence electrons. The van der Waals surface area contributed by atoms with Crippen molar-refractivity contribution in [2.75, 3.05) is 11.9 Å². The number of carbonyl (C=O) groups excluding carboxylic acids is 2. The van der Waals surface area contributed by atoms with E-state index in [-0.39, 0.29) is 11.8 Å². The number of nitrogens with one attached hydrogen (secondary N) is 1. The van der Waals surface area contributed by atoms with E-state index in [1.54, 1.807) is 13.8 Å². The predicted molar refractivity (Wildman–Crippen MR) is 90.9 cm³/mol. The highest BCUT2D eigenvalue weighted by Gasteiger charge is 2.18. The zero-order valence-electron chi connectivity index (χ0n) is 13.5. The third-order valence-corrected chi connectivity index (χ3v) is 4.42. The average molecular weight is 332 g/mol. The van der Waals surface area contributed by atoms with Crippen molar-refractivity contribution in [2.45, 2.75) is 33.1 Å². The van der Waals surface area contributed by atoms with Gasteiger partial charge in [0.25, 0.3) is 0 Å². The number of anilines is 1. The lowest BCUT2D eigenvalue weighted by Crippen LogP contribution is -2.14. The number of hydrogen-bond acceptors (Lipinski definition) is 5. The van der Waals surface area contributed by atoms with Crippen LogP contribution in [0.4, 0.5) is 5.13 Å². The quantitative estimate of drug-likeness (QED) is 0.818. The first kappa shape index (κ1) is 17.1. The summed E-state index contributed by atoms with van der Waals surface area (Å²) in [6, 6.07) is 9.87. The van der Waals surface area contributed by atoms with Crippen molar-refractivity contribution in [3.05, 3.63) is 46.5 Å². The Hall–Kier alpha value is -2.21. The number of aromatic nitrogens is 1. The van der Waals surface area contributed by atoms with E-state index < -0.39 is 5.97 Å². The fourth-order valence-corrected chi connectivity index (χ4v) is 3.06. The number of benzene rings is 1. The number of carbonyl (C=O) groups is 2. The molecule has 5 nitrogen and oxygen atoms in total. The minimum absolute atomic E-state index is 0.113. The van der Waals surface area contributed by atoms with Crippen molar-refractivity contribution < 1.29 is 14.3 Å². The van der Waals surface area contributed by atoms with Gasteiger partial charge < -0.3 is 10.1 Å². The number of aryl methyl sites for hydroxylation is 1. The molecular formula is C17H20N2O3S. The Bertz CT molecular complexity index is 682. The zero-order valence-corrected chi connectivity index (χ0v) is 14.3. The highest BCUT2D eigenvalue weighted by molar-refractivity contribution is 7.17. The number of nitrogens with zero attached hydrogens (tertiary/aromatic N) is 1. The van der Waals surface area contributed by atoms with Gasteiger partial charge >= 0.3 is 5.97 Å². The van der Waals surface area contributed by atoms with Crippen LogP contribution >= 0.6 is 11.3 Å². The Kier molecular flexibility index (Phi) is 5.87. The molecule has 0 bridgehead atoms. The summed E-state index contributed by atoms with van der Waals surface area (Å²) >= 11 is 1.14.